The van der Waals surface area contributed by atoms with Gasteiger partial charge in [-0.15, -0.1) is 28.1 Å². The summed E-state index contributed by atoms with van der Waals surface area (Å²) in [5, 5.41) is 11.2. The Morgan fingerprint density at radius 2 is 2.17 bits per heavy atom. The third-order valence-electron chi connectivity index (χ3n) is 4.56. The lowest BCUT2D eigenvalue weighted by Crippen LogP contribution is -2.25. The van der Waals surface area contributed by atoms with Gasteiger partial charge in [0, 0.05) is 6.54 Å². The zero-order valence-electron chi connectivity index (χ0n) is 15.8. The van der Waals surface area contributed by atoms with Crippen LogP contribution >= 0.6 is 23.1 Å². The zero-order valence-corrected chi connectivity index (χ0v) is 17.4. The predicted octanol–water partition coefficient (Wildman–Crippen LogP) is 3.57. The van der Waals surface area contributed by atoms with Crippen molar-refractivity contribution in [2.45, 2.75) is 23.6 Å². The van der Waals surface area contributed by atoms with Crippen molar-refractivity contribution in [3.05, 3.63) is 70.4 Å². The summed E-state index contributed by atoms with van der Waals surface area (Å²) in [6.07, 6.45) is 1.41. The molecule has 0 spiro atoms. The van der Waals surface area contributed by atoms with Crippen LogP contribution in [0.2, 0.25) is 0 Å². The number of nitrogens with one attached hydrogen (secondary N) is 1. The van der Waals surface area contributed by atoms with Crippen molar-refractivity contribution < 1.29 is 9.47 Å². The van der Waals surface area contributed by atoms with Crippen LogP contribution in [0.3, 0.4) is 0 Å². The molecule has 0 saturated heterocycles. The third kappa shape index (κ3) is 3.48. The number of nitrogens with zero attached hydrogens (tertiary/aromatic N) is 4. The summed E-state index contributed by atoms with van der Waals surface area (Å²) in [5.41, 5.74) is 0.587. The van der Waals surface area contributed by atoms with E-state index in [0.717, 1.165) is 5.75 Å². The molecule has 0 saturated carbocycles. The van der Waals surface area contributed by atoms with E-state index in [4.69, 9.17) is 9.47 Å². The van der Waals surface area contributed by atoms with Crippen LogP contribution in [0.15, 0.2) is 58.3 Å². The maximum Gasteiger partial charge on any atom is 0.268 e. The van der Waals surface area contributed by atoms with Crippen LogP contribution in [0, 0.1) is 0 Å². The average molecular weight is 440 g/mol. The molecule has 10 heteroatoms. The van der Waals surface area contributed by atoms with Crippen LogP contribution in [-0.4, -0.2) is 31.3 Å². The van der Waals surface area contributed by atoms with Gasteiger partial charge in [0.1, 0.15) is 17.1 Å². The van der Waals surface area contributed by atoms with Crippen molar-refractivity contribution in [1.82, 2.24) is 24.7 Å². The van der Waals surface area contributed by atoms with Crippen molar-refractivity contribution in [2.24, 2.45) is 0 Å². The number of thioether (sulfide) groups is 1. The minimum atomic E-state index is -0.373. The number of aromatic amines is 1. The van der Waals surface area contributed by atoms with Gasteiger partial charge in [0.15, 0.2) is 28.6 Å². The number of benzene rings is 1. The number of H-pyrrole nitrogens is 1. The number of ether oxygens (including phenoxy) is 2. The van der Waals surface area contributed by atoms with Crippen LogP contribution in [-0.2, 0) is 12.3 Å². The van der Waals surface area contributed by atoms with E-state index >= 15 is 0 Å². The molecule has 0 aliphatic carbocycles. The Hall–Kier alpha value is -3.11. The highest BCUT2D eigenvalue weighted by Crippen LogP contribution is 2.36. The molecular weight excluding hydrogens is 422 g/mol. The summed E-state index contributed by atoms with van der Waals surface area (Å²) in [7, 11) is 0. The molecule has 3 aromatic heterocycles. The summed E-state index contributed by atoms with van der Waals surface area (Å²) in [6, 6.07) is 9.40. The van der Waals surface area contributed by atoms with Crippen molar-refractivity contribution >= 4 is 33.3 Å². The van der Waals surface area contributed by atoms with Crippen molar-refractivity contribution in [3.8, 4) is 11.5 Å². The zero-order chi connectivity index (χ0) is 20.5. The van der Waals surface area contributed by atoms with Gasteiger partial charge in [-0.3, -0.25) is 9.36 Å². The number of aromatic nitrogens is 5. The Morgan fingerprint density at radius 1 is 1.30 bits per heavy atom. The molecule has 0 fully saturated rings. The Morgan fingerprint density at radius 3 is 3.03 bits per heavy atom. The lowest BCUT2D eigenvalue weighted by atomic mass is 10.2. The Kier molecular flexibility index (Phi) is 5.01. The van der Waals surface area contributed by atoms with Crippen molar-refractivity contribution in [2.75, 3.05) is 6.61 Å². The van der Waals surface area contributed by atoms with E-state index in [1.54, 1.807) is 6.08 Å². The smallest absolute Gasteiger partial charge is 0.268 e. The molecule has 152 valence electrons. The average Bonchev–Trinajstić information content (AvgIpc) is 3.40. The standard InChI is InChI=1S/C20H17N5O3S2/c1-2-8-25-18(15-10-27-13-5-3-4-6-14(13)28-15)23-24-20(25)30-11-16-21-12-7-9-29-17(12)19(26)22-16/h2-7,9,15H,1,8,10-11H2,(H,21,22,26)/t15-/m0/s1. The fraction of sp³-hybridized carbons (Fsp3) is 0.200. The van der Waals surface area contributed by atoms with Gasteiger partial charge in [-0.05, 0) is 23.6 Å². The molecule has 1 atom stereocenters. The summed E-state index contributed by atoms with van der Waals surface area (Å²) < 4.78 is 14.5. The van der Waals surface area contributed by atoms with E-state index in [1.807, 2.05) is 40.3 Å². The predicted molar refractivity (Wildman–Crippen MR) is 115 cm³/mol. The van der Waals surface area contributed by atoms with Gasteiger partial charge >= 0.3 is 0 Å². The molecule has 0 amide bonds. The number of para-hydroxylation sites is 2. The molecule has 0 unspecified atom stereocenters. The van der Waals surface area contributed by atoms with Gasteiger partial charge in [0.25, 0.3) is 5.56 Å². The van der Waals surface area contributed by atoms with Crippen LogP contribution in [0.1, 0.15) is 17.8 Å². The van der Waals surface area contributed by atoms with E-state index in [2.05, 4.69) is 26.7 Å². The first-order valence-electron chi connectivity index (χ1n) is 9.24. The summed E-state index contributed by atoms with van der Waals surface area (Å²) in [6.45, 7) is 4.72. The Labute approximate surface area is 179 Å². The highest BCUT2D eigenvalue weighted by molar-refractivity contribution is 7.98. The number of hydrogen-bond acceptors (Lipinski definition) is 8. The molecule has 4 aromatic rings. The first-order valence-corrected chi connectivity index (χ1v) is 11.1. The minimum Gasteiger partial charge on any atom is -0.485 e. The quantitative estimate of drug-likeness (QED) is 0.362. The fourth-order valence-corrected chi connectivity index (χ4v) is 4.77. The van der Waals surface area contributed by atoms with Gasteiger partial charge in [-0.2, -0.15) is 0 Å². The second-order valence-electron chi connectivity index (χ2n) is 6.54. The molecule has 30 heavy (non-hydrogen) atoms. The number of thiophene rings is 1. The summed E-state index contributed by atoms with van der Waals surface area (Å²) >= 11 is 2.83. The molecule has 4 heterocycles. The lowest BCUT2D eigenvalue weighted by Gasteiger charge is -2.26. The highest BCUT2D eigenvalue weighted by atomic mass is 32.2. The second kappa shape index (κ2) is 7.96. The van der Waals surface area contributed by atoms with E-state index in [0.29, 0.717) is 51.7 Å². The van der Waals surface area contributed by atoms with Crippen LogP contribution in [0.25, 0.3) is 10.2 Å². The largest absolute Gasteiger partial charge is 0.485 e. The van der Waals surface area contributed by atoms with Crippen LogP contribution in [0.5, 0.6) is 11.5 Å². The molecule has 0 bridgehead atoms. The van der Waals surface area contributed by atoms with Gasteiger partial charge in [0.2, 0.25) is 0 Å². The topological polar surface area (TPSA) is 94.9 Å². The van der Waals surface area contributed by atoms with Crippen LogP contribution in [0.4, 0.5) is 0 Å². The third-order valence-corrected chi connectivity index (χ3v) is 6.44. The van der Waals surface area contributed by atoms with E-state index in [-0.39, 0.29) is 11.7 Å². The lowest BCUT2D eigenvalue weighted by molar-refractivity contribution is 0.0821. The Bertz CT molecular complexity index is 1280. The Balaban J connectivity index is 1.39. The SMILES string of the molecule is C=CCn1c(SCc2nc3ccsc3c(=O)[nH]2)nnc1[C@@H]1COc2ccccc2O1. The number of allylic oxidation sites excluding steroid dienone is 1. The van der Waals surface area contributed by atoms with E-state index in [1.165, 1.54) is 23.1 Å². The van der Waals surface area contributed by atoms with Gasteiger partial charge in [-0.25, -0.2) is 4.98 Å². The fourth-order valence-electron chi connectivity index (χ4n) is 3.22. The van der Waals surface area contributed by atoms with Crippen molar-refractivity contribution in [3.63, 3.8) is 0 Å². The maximum absolute atomic E-state index is 12.2. The molecule has 1 aliphatic rings. The van der Waals surface area contributed by atoms with Crippen molar-refractivity contribution in [1.29, 1.82) is 0 Å². The summed E-state index contributed by atoms with van der Waals surface area (Å²) in [5.74, 6) is 3.12. The van der Waals surface area contributed by atoms with Gasteiger partial charge in [0.05, 0.1) is 11.3 Å². The monoisotopic (exact) mass is 439 g/mol. The van der Waals surface area contributed by atoms with E-state index < -0.39 is 0 Å². The molecule has 0 radical (unpaired) electrons. The summed E-state index contributed by atoms with van der Waals surface area (Å²) in [4.78, 5) is 19.5. The number of fused-ring (bicyclic) bond motifs is 2. The first kappa shape index (κ1) is 18.9. The molecule has 1 aliphatic heterocycles. The maximum atomic E-state index is 12.2. The minimum absolute atomic E-state index is 0.120. The molecule has 5 rings (SSSR count). The molecule has 1 aromatic carbocycles. The molecule has 1 N–H and O–H groups in total. The highest BCUT2D eigenvalue weighted by Gasteiger charge is 2.28. The normalized spacial score (nSPS) is 15.4. The van der Waals surface area contributed by atoms with E-state index in [9.17, 15) is 4.79 Å². The molecular formula is C20H17N5O3S2. The van der Waals surface area contributed by atoms with Gasteiger partial charge < -0.3 is 14.5 Å². The van der Waals surface area contributed by atoms with Crippen LogP contribution < -0.4 is 15.0 Å². The second-order valence-corrected chi connectivity index (χ2v) is 8.40. The number of rotatable bonds is 6. The van der Waals surface area contributed by atoms with Gasteiger partial charge in [-0.1, -0.05) is 30.0 Å². The first-order chi connectivity index (χ1) is 14.7. The number of hydrogen-bond donors (Lipinski definition) is 1. The molecule has 8 nitrogen and oxygen atoms in total.